The molecule has 92 valence electrons. The van der Waals surface area contributed by atoms with E-state index in [0.717, 1.165) is 22.3 Å². The molecule has 0 aromatic heterocycles. The molecule has 0 aliphatic rings. The molecule has 0 bridgehead atoms. The van der Waals surface area contributed by atoms with Crippen LogP contribution in [0.1, 0.15) is 22.3 Å². The number of rotatable bonds is 3. The number of hydrogen-bond donors (Lipinski definition) is 1. The van der Waals surface area contributed by atoms with Gasteiger partial charge in [-0.3, -0.25) is 0 Å². The maximum absolute atomic E-state index is 10.9. The fourth-order valence-electron chi connectivity index (χ4n) is 2.17. The Morgan fingerprint density at radius 1 is 0.944 bits per heavy atom. The van der Waals surface area contributed by atoms with Crippen LogP contribution >= 0.6 is 0 Å². The lowest BCUT2D eigenvalue weighted by molar-refractivity contribution is 0.135. The van der Waals surface area contributed by atoms with E-state index in [1.54, 1.807) is 6.08 Å². The lowest BCUT2D eigenvalue weighted by atomic mass is 9.85. The highest BCUT2D eigenvalue weighted by molar-refractivity contribution is 5.42. The van der Waals surface area contributed by atoms with Crippen LogP contribution in [-0.4, -0.2) is 5.11 Å². The molecule has 0 fully saturated rings. The second-order valence-electron chi connectivity index (χ2n) is 4.71. The number of hydrogen-bond acceptors (Lipinski definition) is 1. The van der Waals surface area contributed by atoms with Gasteiger partial charge >= 0.3 is 0 Å². The molecule has 2 aromatic rings. The number of aliphatic hydroxyl groups is 1. The smallest absolute Gasteiger partial charge is 0.133 e. The summed E-state index contributed by atoms with van der Waals surface area (Å²) in [5, 5.41) is 10.9. The molecule has 0 saturated heterocycles. The Kier molecular flexibility index (Phi) is 3.35. The molecule has 0 unspecified atom stereocenters. The highest BCUT2D eigenvalue weighted by Gasteiger charge is 2.27. The van der Waals surface area contributed by atoms with Crippen LogP contribution < -0.4 is 0 Å². The zero-order valence-corrected chi connectivity index (χ0v) is 10.9. The average Bonchev–Trinajstić information content (AvgIpc) is 2.38. The quantitative estimate of drug-likeness (QED) is 0.808. The largest absolute Gasteiger partial charge is 0.377 e. The summed E-state index contributed by atoms with van der Waals surface area (Å²) in [6, 6.07) is 15.8. The van der Waals surface area contributed by atoms with Gasteiger partial charge in [0.1, 0.15) is 5.60 Å². The van der Waals surface area contributed by atoms with Crippen molar-refractivity contribution in [2.45, 2.75) is 19.4 Å². The van der Waals surface area contributed by atoms with Crippen LogP contribution in [-0.2, 0) is 5.60 Å². The van der Waals surface area contributed by atoms with Crippen LogP contribution in [0.15, 0.2) is 61.2 Å². The minimum Gasteiger partial charge on any atom is -0.377 e. The van der Waals surface area contributed by atoms with E-state index in [-0.39, 0.29) is 0 Å². The summed E-state index contributed by atoms with van der Waals surface area (Å²) in [5.41, 5.74) is 2.82. The molecular formula is C17H18O. The SMILES string of the molecule is C=CC(O)(c1cccc(C)c1)c1cccc(C)c1. The first-order valence-corrected chi connectivity index (χ1v) is 6.06. The fourth-order valence-corrected chi connectivity index (χ4v) is 2.17. The molecule has 0 atom stereocenters. The van der Waals surface area contributed by atoms with Crippen molar-refractivity contribution in [2.75, 3.05) is 0 Å². The van der Waals surface area contributed by atoms with Crippen molar-refractivity contribution in [3.8, 4) is 0 Å². The minimum atomic E-state index is -1.13. The van der Waals surface area contributed by atoms with Gasteiger partial charge in [-0.1, -0.05) is 72.3 Å². The molecule has 0 saturated carbocycles. The Morgan fingerprint density at radius 3 is 1.72 bits per heavy atom. The van der Waals surface area contributed by atoms with Crippen LogP contribution in [0.5, 0.6) is 0 Å². The second kappa shape index (κ2) is 4.79. The molecule has 2 rings (SSSR count). The summed E-state index contributed by atoms with van der Waals surface area (Å²) in [7, 11) is 0. The van der Waals surface area contributed by atoms with Gasteiger partial charge < -0.3 is 5.11 Å². The molecule has 0 radical (unpaired) electrons. The predicted molar refractivity (Wildman–Crippen MR) is 75.6 cm³/mol. The first-order valence-electron chi connectivity index (χ1n) is 6.06. The summed E-state index contributed by atoms with van der Waals surface area (Å²) in [6.45, 7) is 7.83. The summed E-state index contributed by atoms with van der Waals surface area (Å²) in [6.07, 6.45) is 1.59. The molecule has 0 aliphatic carbocycles. The molecule has 1 N–H and O–H groups in total. The van der Waals surface area contributed by atoms with Crippen molar-refractivity contribution >= 4 is 0 Å². The van der Waals surface area contributed by atoms with E-state index in [1.165, 1.54) is 0 Å². The minimum absolute atomic E-state index is 0.850. The predicted octanol–water partition coefficient (Wildman–Crippen LogP) is 3.73. The first-order chi connectivity index (χ1) is 8.56. The topological polar surface area (TPSA) is 20.2 Å². The Balaban J connectivity index is 2.58. The maximum Gasteiger partial charge on any atom is 0.133 e. The Bertz CT molecular complexity index is 524. The Hall–Kier alpha value is -1.86. The molecule has 1 heteroatoms. The molecule has 0 aliphatic heterocycles. The van der Waals surface area contributed by atoms with Crippen LogP contribution in [0.3, 0.4) is 0 Å². The third-order valence-corrected chi connectivity index (χ3v) is 3.21. The summed E-state index contributed by atoms with van der Waals surface area (Å²) < 4.78 is 0. The third kappa shape index (κ3) is 2.22. The monoisotopic (exact) mass is 238 g/mol. The van der Waals surface area contributed by atoms with Crippen molar-refractivity contribution < 1.29 is 5.11 Å². The lowest BCUT2D eigenvalue weighted by Gasteiger charge is -2.26. The van der Waals surface area contributed by atoms with Crippen LogP contribution in [0.25, 0.3) is 0 Å². The van der Waals surface area contributed by atoms with Crippen molar-refractivity contribution in [1.29, 1.82) is 0 Å². The van der Waals surface area contributed by atoms with E-state index < -0.39 is 5.60 Å². The van der Waals surface area contributed by atoms with Crippen LogP contribution in [0.2, 0.25) is 0 Å². The molecule has 2 aromatic carbocycles. The standard InChI is InChI=1S/C17H18O/c1-4-17(18,15-9-5-7-13(2)11-15)16-10-6-8-14(3)12-16/h4-12,18H,1H2,2-3H3. The summed E-state index contributed by atoms with van der Waals surface area (Å²) >= 11 is 0. The van der Waals surface area contributed by atoms with Crippen molar-refractivity contribution in [3.05, 3.63) is 83.4 Å². The van der Waals surface area contributed by atoms with Gasteiger partial charge in [0, 0.05) is 0 Å². The van der Waals surface area contributed by atoms with Gasteiger partial charge in [-0.05, 0) is 25.0 Å². The molecule has 1 nitrogen and oxygen atoms in total. The van der Waals surface area contributed by atoms with E-state index >= 15 is 0 Å². The van der Waals surface area contributed by atoms with Crippen LogP contribution in [0, 0.1) is 13.8 Å². The second-order valence-corrected chi connectivity index (χ2v) is 4.71. The number of aryl methyl sites for hydroxylation is 2. The van der Waals surface area contributed by atoms with Gasteiger partial charge in [-0.2, -0.15) is 0 Å². The fraction of sp³-hybridized carbons (Fsp3) is 0.176. The lowest BCUT2D eigenvalue weighted by Crippen LogP contribution is -2.24. The van der Waals surface area contributed by atoms with Gasteiger partial charge in [0.2, 0.25) is 0 Å². The zero-order chi connectivity index (χ0) is 13.2. The van der Waals surface area contributed by atoms with E-state index in [9.17, 15) is 5.11 Å². The highest BCUT2D eigenvalue weighted by atomic mass is 16.3. The van der Waals surface area contributed by atoms with E-state index in [4.69, 9.17) is 0 Å². The van der Waals surface area contributed by atoms with Crippen molar-refractivity contribution in [3.63, 3.8) is 0 Å². The van der Waals surface area contributed by atoms with Gasteiger partial charge in [0.15, 0.2) is 0 Å². The highest BCUT2D eigenvalue weighted by Crippen LogP contribution is 2.31. The van der Waals surface area contributed by atoms with Crippen molar-refractivity contribution in [2.24, 2.45) is 0 Å². The molecule has 18 heavy (non-hydrogen) atoms. The molecule has 0 spiro atoms. The van der Waals surface area contributed by atoms with Gasteiger partial charge in [0.25, 0.3) is 0 Å². The van der Waals surface area contributed by atoms with Gasteiger partial charge in [-0.15, -0.1) is 0 Å². The third-order valence-electron chi connectivity index (χ3n) is 3.21. The normalized spacial score (nSPS) is 11.3. The summed E-state index contributed by atoms with van der Waals surface area (Å²) in [4.78, 5) is 0. The van der Waals surface area contributed by atoms with Gasteiger partial charge in [-0.25, -0.2) is 0 Å². The zero-order valence-electron chi connectivity index (χ0n) is 10.9. The Morgan fingerprint density at radius 2 is 1.39 bits per heavy atom. The van der Waals surface area contributed by atoms with Crippen molar-refractivity contribution in [1.82, 2.24) is 0 Å². The van der Waals surface area contributed by atoms with E-state index in [0.29, 0.717) is 0 Å². The number of benzene rings is 2. The van der Waals surface area contributed by atoms with E-state index in [2.05, 4.69) is 6.58 Å². The Labute approximate surface area is 108 Å². The molecule has 0 amide bonds. The average molecular weight is 238 g/mol. The maximum atomic E-state index is 10.9. The van der Waals surface area contributed by atoms with E-state index in [1.807, 2.05) is 62.4 Å². The summed E-state index contributed by atoms with van der Waals surface area (Å²) in [5.74, 6) is 0. The first kappa shape index (κ1) is 12.6. The molecule has 0 heterocycles. The molecular weight excluding hydrogens is 220 g/mol. The van der Waals surface area contributed by atoms with Crippen LogP contribution in [0.4, 0.5) is 0 Å². The van der Waals surface area contributed by atoms with Gasteiger partial charge in [0.05, 0.1) is 0 Å².